The van der Waals surface area contributed by atoms with Gasteiger partial charge in [-0.1, -0.05) is 13.3 Å². The molecule has 2 heteroatoms. The van der Waals surface area contributed by atoms with Gasteiger partial charge in [-0.25, -0.2) is 0 Å². The standard InChI is InChI=1S/C9H13NS/c1-3-4-8-5-6-10-7-9(8)11-2/h5-7H,3-4H2,1-2H3. The Balaban J connectivity index is 2.83. The highest BCUT2D eigenvalue weighted by Gasteiger charge is 1.97. The van der Waals surface area contributed by atoms with E-state index in [1.807, 2.05) is 12.4 Å². The molecule has 0 radical (unpaired) electrons. The van der Waals surface area contributed by atoms with Gasteiger partial charge in [0.25, 0.3) is 0 Å². The fourth-order valence-electron chi connectivity index (χ4n) is 1.07. The number of aromatic nitrogens is 1. The first kappa shape index (κ1) is 8.60. The second-order valence-electron chi connectivity index (χ2n) is 2.44. The second-order valence-corrected chi connectivity index (χ2v) is 3.29. The Morgan fingerprint density at radius 1 is 1.55 bits per heavy atom. The zero-order valence-corrected chi connectivity index (χ0v) is 7.82. The summed E-state index contributed by atoms with van der Waals surface area (Å²) in [7, 11) is 0. The Morgan fingerprint density at radius 2 is 2.36 bits per heavy atom. The summed E-state index contributed by atoms with van der Waals surface area (Å²) in [6, 6.07) is 2.11. The van der Waals surface area contributed by atoms with E-state index < -0.39 is 0 Å². The summed E-state index contributed by atoms with van der Waals surface area (Å²) >= 11 is 1.77. The lowest BCUT2D eigenvalue weighted by molar-refractivity contribution is 0.894. The molecule has 0 N–H and O–H groups in total. The summed E-state index contributed by atoms with van der Waals surface area (Å²) in [4.78, 5) is 5.39. The van der Waals surface area contributed by atoms with Gasteiger partial charge in [-0.3, -0.25) is 4.98 Å². The maximum Gasteiger partial charge on any atom is 0.0406 e. The number of hydrogen-bond acceptors (Lipinski definition) is 2. The van der Waals surface area contributed by atoms with Crippen LogP contribution in [0.3, 0.4) is 0 Å². The lowest BCUT2D eigenvalue weighted by Crippen LogP contribution is -1.87. The van der Waals surface area contributed by atoms with Gasteiger partial charge in [0, 0.05) is 17.3 Å². The van der Waals surface area contributed by atoms with Crippen LogP contribution in [0.5, 0.6) is 0 Å². The molecule has 0 unspecified atom stereocenters. The monoisotopic (exact) mass is 167 g/mol. The molecule has 1 aromatic heterocycles. The third-order valence-electron chi connectivity index (χ3n) is 1.61. The molecule has 0 aliphatic heterocycles. The van der Waals surface area contributed by atoms with Crippen molar-refractivity contribution in [3.8, 4) is 0 Å². The maximum absolute atomic E-state index is 4.08. The van der Waals surface area contributed by atoms with Gasteiger partial charge >= 0.3 is 0 Å². The number of aryl methyl sites for hydroxylation is 1. The molecule has 11 heavy (non-hydrogen) atoms. The number of thioether (sulfide) groups is 1. The van der Waals surface area contributed by atoms with E-state index in [1.165, 1.54) is 23.3 Å². The van der Waals surface area contributed by atoms with Crippen LogP contribution in [0, 0.1) is 0 Å². The minimum atomic E-state index is 1.17. The molecule has 1 rings (SSSR count). The van der Waals surface area contributed by atoms with Gasteiger partial charge in [0.2, 0.25) is 0 Å². The normalized spacial score (nSPS) is 10.0. The quantitative estimate of drug-likeness (QED) is 0.642. The highest BCUT2D eigenvalue weighted by atomic mass is 32.2. The van der Waals surface area contributed by atoms with Crippen LogP contribution in [-0.4, -0.2) is 11.2 Å². The van der Waals surface area contributed by atoms with Crippen molar-refractivity contribution in [3.63, 3.8) is 0 Å². The third-order valence-corrected chi connectivity index (χ3v) is 2.42. The number of rotatable bonds is 3. The average Bonchev–Trinajstić information content (AvgIpc) is 2.06. The summed E-state index contributed by atoms with van der Waals surface area (Å²) < 4.78 is 0. The minimum absolute atomic E-state index is 1.17. The van der Waals surface area contributed by atoms with Gasteiger partial charge in [0.15, 0.2) is 0 Å². The van der Waals surface area contributed by atoms with Crippen molar-refractivity contribution >= 4 is 11.8 Å². The molecular formula is C9H13NS. The summed E-state index contributed by atoms with van der Waals surface area (Å²) in [5, 5.41) is 0. The van der Waals surface area contributed by atoms with Gasteiger partial charge in [0.1, 0.15) is 0 Å². The van der Waals surface area contributed by atoms with Gasteiger partial charge < -0.3 is 0 Å². The largest absolute Gasteiger partial charge is 0.264 e. The second kappa shape index (κ2) is 4.39. The summed E-state index contributed by atoms with van der Waals surface area (Å²) in [6.45, 7) is 2.20. The van der Waals surface area contributed by atoms with E-state index in [1.54, 1.807) is 11.8 Å². The van der Waals surface area contributed by atoms with Crippen LogP contribution in [-0.2, 0) is 6.42 Å². The van der Waals surface area contributed by atoms with E-state index in [-0.39, 0.29) is 0 Å². The van der Waals surface area contributed by atoms with E-state index in [4.69, 9.17) is 0 Å². The smallest absolute Gasteiger partial charge is 0.0406 e. The first-order valence-electron chi connectivity index (χ1n) is 3.85. The van der Waals surface area contributed by atoms with Crippen LogP contribution in [0.25, 0.3) is 0 Å². The fraction of sp³-hybridized carbons (Fsp3) is 0.444. The van der Waals surface area contributed by atoms with Crippen molar-refractivity contribution < 1.29 is 0 Å². The number of hydrogen-bond donors (Lipinski definition) is 0. The molecule has 0 atom stereocenters. The Hall–Kier alpha value is -0.500. The van der Waals surface area contributed by atoms with Crippen LogP contribution >= 0.6 is 11.8 Å². The predicted octanol–water partition coefficient (Wildman–Crippen LogP) is 2.76. The Bertz CT molecular complexity index is 223. The first-order valence-corrected chi connectivity index (χ1v) is 5.07. The molecule has 1 heterocycles. The zero-order valence-electron chi connectivity index (χ0n) is 7.00. The van der Waals surface area contributed by atoms with Crippen molar-refractivity contribution in [1.82, 2.24) is 4.98 Å². The molecule has 0 saturated heterocycles. The van der Waals surface area contributed by atoms with Crippen LogP contribution in [0.2, 0.25) is 0 Å². The topological polar surface area (TPSA) is 12.9 Å². The maximum atomic E-state index is 4.08. The lowest BCUT2D eigenvalue weighted by Gasteiger charge is -2.03. The summed E-state index contributed by atoms with van der Waals surface area (Å²) in [5.74, 6) is 0. The molecule has 0 bridgehead atoms. The Morgan fingerprint density at radius 3 is 3.00 bits per heavy atom. The fourth-order valence-corrected chi connectivity index (χ4v) is 1.67. The molecule has 1 nitrogen and oxygen atoms in total. The van der Waals surface area contributed by atoms with Crippen molar-refractivity contribution in [2.24, 2.45) is 0 Å². The Labute approximate surface area is 72.2 Å². The SMILES string of the molecule is CCCc1ccncc1SC. The highest BCUT2D eigenvalue weighted by molar-refractivity contribution is 7.98. The minimum Gasteiger partial charge on any atom is -0.264 e. The predicted molar refractivity (Wildman–Crippen MR) is 50.0 cm³/mol. The zero-order chi connectivity index (χ0) is 8.10. The molecule has 0 aromatic carbocycles. The van der Waals surface area contributed by atoms with E-state index in [0.29, 0.717) is 0 Å². The van der Waals surface area contributed by atoms with E-state index in [9.17, 15) is 0 Å². The van der Waals surface area contributed by atoms with Crippen LogP contribution in [0.15, 0.2) is 23.4 Å². The highest BCUT2D eigenvalue weighted by Crippen LogP contribution is 2.19. The molecule has 1 aromatic rings. The van der Waals surface area contributed by atoms with Crippen LogP contribution in [0.4, 0.5) is 0 Å². The third kappa shape index (κ3) is 2.22. The van der Waals surface area contributed by atoms with Crippen molar-refractivity contribution in [3.05, 3.63) is 24.0 Å². The lowest BCUT2D eigenvalue weighted by atomic mass is 10.2. The van der Waals surface area contributed by atoms with E-state index in [2.05, 4.69) is 24.2 Å². The van der Waals surface area contributed by atoms with Gasteiger partial charge in [0.05, 0.1) is 0 Å². The van der Waals surface area contributed by atoms with E-state index in [0.717, 1.165) is 0 Å². The average molecular weight is 167 g/mol. The first-order chi connectivity index (χ1) is 5.38. The van der Waals surface area contributed by atoms with Gasteiger partial charge in [-0.2, -0.15) is 0 Å². The molecule has 0 aliphatic carbocycles. The molecule has 0 aliphatic rings. The van der Waals surface area contributed by atoms with Gasteiger partial charge in [-0.15, -0.1) is 11.8 Å². The Kier molecular flexibility index (Phi) is 3.43. The molecule has 0 spiro atoms. The van der Waals surface area contributed by atoms with E-state index >= 15 is 0 Å². The molecule has 60 valence electrons. The van der Waals surface area contributed by atoms with Gasteiger partial charge in [-0.05, 0) is 24.3 Å². The summed E-state index contributed by atoms with van der Waals surface area (Å²) in [6.07, 6.45) is 8.27. The number of pyridine rings is 1. The molecule has 0 saturated carbocycles. The van der Waals surface area contributed by atoms with Crippen molar-refractivity contribution in [2.45, 2.75) is 24.7 Å². The number of nitrogens with zero attached hydrogens (tertiary/aromatic N) is 1. The van der Waals surface area contributed by atoms with Crippen molar-refractivity contribution in [2.75, 3.05) is 6.26 Å². The van der Waals surface area contributed by atoms with Crippen molar-refractivity contribution in [1.29, 1.82) is 0 Å². The molecule has 0 amide bonds. The van der Waals surface area contributed by atoms with Crippen LogP contribution < -0.4 is 0 Å². The molecular weight excluding hydrogens is 154 g/mol. The van der Waals surface area contributed by atoms with Crippen LogP contribution in [0.1, 0.15) is 18.9 Å². The summed E-state index contributed by atoms with van der Waals surface area (Å²) in [5.41, 5.74) is 1.43. The molecule has 0 fully saturated rings.